The van der Waals surface area contributed by atoms with Crippen LogP contribution in [0.1, 0.15) is 74.5 Å². The number of halogens is 1. The SMILES string of the molecule is CC(NP(=O)(N[C@@H](C)C(=O)OCCC(C)(C)C)OC[C@@]1(N=[N+]=[N-])O[C@@H](n2ccc(N)nc2=O)[C@H](O)[C@@H]1F)C(=O)OCCC(C)(C)C. The van der Waals surface area contributed by atoms with Crippen LogP contribution in [-0.4, -0.2) is 76.5 Å². The molecule has 46 heavy (non-hydrogen) atoms. The van der Waals surface area contributed by atoms with Crippen molar-refractivity contribution in [1.82, 2.24) is 19.7 Å². The van der Waals surface area contributed by atoms with Crippen LogP contribution in [0.2, 0.25) is 0 Å². The molecule has 1 fully saturated rings. The largest absolute Gasteiger partial charge is 0.465 e. The average Bonchev–Trinajstić information content (AvgIpc) is 3.16. The Morgan fingerprint density at radius 2 is 1.67 bits per heavy atom. The van der Waals surface area contributed by atoms with E-state index in [1.54, 1.807) is 0 Å². The number of carbonyl (C=O) groups excluding carboxylic acids is 2. The third-order valence-electron chi connectivity index (χ3n) is 6.77. The van der Waals surface area contributed by atoms with Gasteiger partial charge in [0.2, 0.25) is 5.72 Å². The van der Waals surface area contributed by atoms with Gasteiger partial charge in [-0.3, -0.25) is 18.7 Å². The molecular weight excluding hydrogens is 630 g/mol. The highest BCUT2D eigenvalue weighted by molar-refractivity contribution is 7.54. The van der Waals surface area contributed by atoms with Crippen molar-refractivity contribution in [2.45, 2.75) is 105 Å². The van der Waals surface area contributed by atoms with Crippen LogP contribution in [0.3, 0.4) is 0 Å². The minimum Gasteiger partial charge on any atom is -0.465 e. The molecule has 0 aliphatic carbocycles. The maximum atomic E-state index is 15.6. The molecule has 260 valence electrons. The molecule has 0 spiro atoms. The number of nitrogen functional groups attached to an aromatic ring is 1. The van der Waals surface area contributed by atoms with Gasteiger partial charge >= 0.3 is 25.3 Å². The quantitative estimate of drug-likeness (QED) is 0.0687. The maximum Gasteiger partial charge on any atom is 0.351 e. The summed E-state index contributed by atoms with van der Waals surface area (Å²) in [7, 11) is -4.55. The van der Waals surface area contributed by atoms with E-state index in [-0.39, 0.29) is 29.9 Å². The Morgan fingerprint density at radius 1 is 1.17 bits per heavy atom. The molecular formula is C27H46FN8O9P. The normalized spacial score (nSPS) is 24.3. The van der Waals surface area contributed by atoms with E-state index in [0.29, 0.717) is 12.8 Å². The summed E-state index contributed by atoms with van der Waals surface area (Å²) in [5.41, 5.74) is 10.8. The van der Waals surface area contributed by atoms with E-state index in [1.165, 1.54) is 19.9 Å². The van der Waals surface area contributed by atoms with Gasteiger partial charge in [-0.25, -0.2) is 19.4 Å². The van der Waals surface area contributed by atoms with Gasteiger partial charge in [-0.2, -0.15) is 4.98 Å². The lowest BCUT2D eigenvalue weighted by Gasteiger charge is -2.30. The minimum atomic E-state index is -4.55. The van der Waals surface area contributed by atoms with Crippen molar-refractivity contribution < 1.29 is 42.4 Å². The molecule has 1 aromatic rings. The molecule has 1 aromatic heterocycles. The van der Waals surface area contributed by atoms with Crippen LogP contribution < -0.4 is 21.6 Å². The summed E-state index contributed by atoms with van der Waals surface area (Å²) in [6.45, 7) is 13.4. The predicted octanol–water partition coefficient (Wildman–Crippen LogP) is 3.10. The van der Waals surface area contributed by atoms with E-state index in [0.717, 1.165) is 10.8 Å². The Morgan fingerprint density at radius 3 is 2.11 bits per heavy atom. The van der Waals surface area contributed by atoms with Gasteiger partial charge in [-0.05, 0) is 49.1 Å². The summed E-state index contributed by atoms with van der Waals surface area (Å²) in [5.74, 6) is -1.75. The van der Waals surface area contributed by atoms with Crippen LogP contribution in [0, 0.1) is 10.8 Å². The molecule has 0 radical (unpaired) electrons. The van der Waals surface area contributed by atoms with Crippen molar-refractivity contribution in [3.8, 4) is 0 Å². The number of nitrogens with zero attached hydrogens (tertiary/aromatic N) is 5. The Bertz CT molecular complexity index is 1330. The number of hydrogen-bond donors (Lipinski definition) is 4. The minimum absolute atomic E-state index is 0.0689. The molecule has 0 bridgehead atoms. The smallest absolute Gasteiger partial charge is 0.351 e. The fraction of sp³-hybridized carbons (Fsp3) is 0.778. The first-order valence-corrected chi connectivity index (χ1v) is 16.3. The second-order valence-corrected chi connectivity index (χ2v) is 15.3. The number of nitrogens with one attached hydrogen (secondary N) is 2. The van der Waals surface area contributed by atoms with Crippen LogP contribution >= 0.6 is 7.67 Å². The molecule has 5 N–H and O–H groups in total. The van der Waals surface area contributed by atoms with Gasteiger partial charge < -0.3 is 29.6 Å². The lowest BCUT2D eigenvalue weighted by molar-refractivity contribution is -0.146. The van der Waals surface area contributed by atoms with Crippen molar-refractivity contribution in [3.05, 3.63) is 33.2 Å². The van der Waals surface area contributed by atoms with Gasteiger partial charge in [0.25, 0.3) is 0 Å². The first-order chi connectivity index (χ1) is 21.1. The van der Waals surface area contributed by atoms with Gasteiger partial charge in [0.15, 0.2) is 12.4 Å². The van der Waals surface area contributed by atoms with Crippen molar-refractivity contribution in [2.24, 2.45) is 15.9 Å². The molecule has 2 rings (SSSR count). The van der Waals surface area contributed by atoms with Crippen molar-refractivity contribution >= 4 is 25.4 Å². The number of ether oxygens (including phenoxy) is 3. The zero-order valence-corrected chi connectivity index (χ0v) is 28.3. The summed E-state index contributed by atoms with van der Waals surface area (Å²) in [6, 6.07) is -1.36. The molecule has 0 saturated carbocycles. The van der Waals surface area contributed by atoms with Gasteiger partial charge in [0, 0.05) is 11.1 Å². The Hall–Kier alpha value is -3.11. The van der Waals surface area contributed by atoms with Crippen molar-refractivity contribution in [1.29, 1.82) is 0 Å². The summed E-state index contributed by atoms with van der Waals surface area (Å²) in [6.07, 6.45) is -4.17. The number of aromatic nitrogens is 2. The number of nitrogens with two attached hydrogens (primary N) is 1. The third-order valence-corrected chi connectivity index (χ3v) is 8.71. The molecule has 7 atom stereocenters. The molecule has 19 heteroatoms. The Labute approximate surface area is 266 Å². The monoisotopic (exact) mass is 676 g/mol. The van der Waals surface area contributed by atoms with Gasteiger partial charge in [0.05, 0.1) is 19.8 Å². The van der Waals surface area contributed by atoms with Crippen LogP contribution in [0.25, 0.3) is 10.4 Å². The highest BCUT2D eigenvalue weighted by atomic mass is 31.2. The molecule has 1 saturated heterocycles. The zero-order valence-electron chi connectivity index (χ0n) is 27.4. The van der Waals surface area contributed by atoms with Crippen LogP contribution in [0.15, 0.2) is 22.2 Å². The highest BCUT2D eigenvalue weighted by Gasteiger charge is 2.57. The topological polar surface area (TPSA) is 242 Å². The number of anilines is 1. The Balaban J connectivity index is 2.33. The van der Waals surface area contributed by atoms with E-state index in [1.807, 2.05) is 41.5 Å². The number of rotatable bonds is 15. The second kappa shape index (κ2) is 15.7. The van der Waals surface area contributed by atoms with Gasteiger partial charge in [-0.1, -0.05) is 46.7 Å². The second-order valence-electron chi connectivity index (χ2n) is 13.5. The van der Waals surface area contributed by atoms with Crippen LogP contribution in [0.4, 0.5) is 10.2 Å². The van der Waals surface area contributed by atoms with E-state index in [2.05, 4.69) is 25.2 Å². The number of hydrogen-bond acceptors (Lipinski definition) is 12. The fourth-order valence-electron chi connectivity index (χ4n) is 3.97. The molecule has 1 aliphatic heterocycles. The number of azide groups is 1. The van der Waals surface area contributed by atoms with E-state index >= 15 is 4.39 Å². The summed E-state index contributed by atoms with van der Waals surface area (Å²) in [4.78, 5) is 43.9. The van der Waals surface area contributed by atoms with Crippen LogP contribution in [-0.2, 0) is 32.9 Å². The van der Waals surface area contributed by atoms with Crippen molar-refractivity contribution in [2.75, 3.05) is 25.6 Å². The molecule has 0 aromatic carbocycles. The molecule has 17 nitrogen and oxygen atoms in total. The lowest BCUT2D eigenvalue weighted by Crippen LogP contribution is -2.46. The first-order valence-electron chi connectivity index (χ1n) is 14.7. The summed E-state index contributed by atoms with van der Waals surface area (Å²) in [5, 5.41) is 18.9. The van der Waals surface area contributed by atoms with E-state index in [4.69, 9.17) is 24.5 Å². The summed E-state index contributed by atoms with van der Waals surface area (Å²) >= 11 is 0. The third kappa shape index (κ3) is 11.3. The average molecular weight is 677 g/mol. The first kappa shape index (κ1) is 39.1. The zero-order chi connectivity index (χ0) is 35.1. The lowest BCUT2D eigenvalue weighted by atomic mass is 9.93. The number of esters is 2. The summed E-state index contributed by atoms with van der Waals surface area (Å²) < 4.78 is 52.1. The van der Waals surface area contributed by atoms with E-state index < -0.39 is 68.2 Å². The molecule has 1 aliphatic rings. The predicted molar refractivity (Wildman–Crippen MR) is 165 cm³/mol. The number of aliphatic hydroxyl groups is 1. The maximum absolute atomic E-state index is 15.6. The Kier molecular flexibility index (Phi) is 13.3. The number of carbonyl (C=O) groups is 2. The van der Waals surface area contributed by atoms with Gasteiger partial charge in [0.1, 0.15) is 24.0 Å². The number of alkyl halides is 1. The van der Waals surface area contributed by atoms with E-state index in [9.17, 15) is 29.6 Å². The molecule has 2 unspecified atom stereocenters. The standard InChI is InChI=1S/C27H46FN8O9P/c1-16(22(38)42-13-10-25(3,4)5)32-46(41,33-17(2)23(39)43-14-11-26(6,7)8)44-15-27(34-35-30)20(28)19(37)21(45-27)36-12-9-18(29)31-24(36)40/h9,12,16-17,19-21,37H,10-11,13-15H2,1-8H3,(H2,29,31,40)(H2,32,33,41)/t16-,17?,19+,20-,21+,27+,46?/m0/s1. The molecule has 2 heterocycles. The molecule has 0 amide bonds. The van der Waals surface area contributed by atoms with Gasteiger partial charge in [-0.15, -0.1) is 0 Å². The highest BCUT2D eigenvalue weighted by Crippen LogP contribution is 2.46. The fourth-order valence-corrected chi connectivity index (χ4v) is 5.79. The van der Waals surface area contributed by atoms with Crippen LogP contribution in [0.5, 0.6) is 0 Å². The van der Waals surface area contributed by atoms with Crippen molar-refractivity contribution in [3.63, 3.8) is 0 Å². The number of aliphatic hydroxyl groups excluding tert-OH is 1.